The number of nitrogens with zero attached hydrogens (tertiary/aromatic N) is 2. The van der Waals surface area contributed by atoms with Crippen LogP contribution in [0.25, 0.3) is 0 Å². The first-order valence-electron chi connectivity index (χ1n) is 9.26. The lowest BCUT2D eigenvalue weighted by Crippen LogP contribution is -2.27. The Kier molecular flexibility index (Phi) is 5.93. The van der Waals surface area contributed by atoms with Gasteiger partial charge in [-0.1, -0.05) is 17.8 Å². The Balaban J connectivity index is 1.27. The third-order valence-corrected chi connectivity index (χ3v) is 7.52. The highest BCUT2D eigenvalue weighted by Gasteiger charge is 2.27. The summed E-state index contributed by atoms with van der Waals surface area (Å²) in [5, 5.41) is 3.45. The van der Waals surface area contributed by atoms with Crippen molar-refractivity contribution in [3.63, 3.8) is 0 Å². The van der Waals surface area contributed by atoms with Gasteiger partial charge in [-0.05, 0) is 42.7 Å². The predicted octanol–water partition coefficient (Wildman–Crippen LogP) is 2.00. The molecule has 1 fully saturated rings. The molecule has 0 saturated carbocycles. The van der Waals surface area contributed by atoms with Crippen LogP contribution in [0.5, 0.6) is 11.5 Å². The number of rotatable bonds is 7. The summed E-state index contributed by atoms with van der Waals surface area (Å²) in [4.78, 5) is 16.5. The molecule has 0 aliphatic carbocycles. The van der Waals surface area contributed by atoms with Gasteiger partial charge in [0.05, 0.1) is 10.8 Å². The lowest BCUT2D eigenvalue weighted by Gasteiger charge is -2.15. The molecule has 1 amide bonds. The van der Waals surface area contributed by atoms with Gasteiger partial charge in [-0.3, -0.25) is 4.79 Å². The van der Waals surface area contributed by atoms with E-state index in [0.717, 1.165) is 18.4 Å². The fourth-order valence-electron chi connectivity index (χ4n) is 3.12. The predicted molar refractivity (Wildman–Crippen MR) is 107 cm³/mol. The second-order valence-electron chi connectivity index (χ2n) is 6.70. The summed E-state index contributed by atoms with van der Waals surface area (Å²) in [6, 6.07) is 8.73. The van der Waals surface area contributed by atoms with Crippen molar-refractivity contribution in [2.75, 3.05) is 25.6 Å². The first-order valence-corrected chi connectivity index (χ1v) is 11.7. The van der Waals surface area contributed by atoms with Crippen molar-refractivity contribution < 1.29 is 22.7 Å². The monoisotopic (exact) mass is 435 g/mol. The molecule has 1 aromatic heterocycles. The molecule has 2 aliphatic heterocycles. The van der Waals surface area contributed by atoms with Crippen molar-refractivity contribution in [3.8, 4) is 11.5 Å². The van der Waals surface area contributed by atoms with Crippen LogP contribution in [-0.4, -0.2) is 49.2 Å². The summed E-state index contributed by atoms with van der Waals surface area (Å²) in [5.74, 6) is 1.44. The average molecular weight is 436 g/mol. The van der Waals surface area contributed by atoms with Crippen LogP contribution >= 0.6 is 11.8 Å². The minimum absolute atomic E-state index is 0.136. The number of carbonyl (C=O) groups is 1. The van der Waals surface area contributed by atoms with Gasteiger partial charge in [-0.25, -0.2) is 13.4 Å². The Morgan fingerprint density at radius 3 is 2.69 bits per heavy atom. The van der Waals surface area contributed by atoms with E-state index in [2.05, 4.69) is 10.3 Å². The van der Waals surface area contributed by atoms with Gasteiger partial charge in [0.2, 0.25) is 22.7 Å². The summed E-state index contributed by atoms with van der Waals surface area (Å²) in [6.07, 6.45) is 3.14. The lowest BCUT2D eigenvalue weighted by molar-refractivity contribution is -0.118. The van der Waals surface area contributed by atoms with Crippen molar-refractivity contribution in [3.05, 3.63) is 42.1 Å². The quantitative estimate of drug-likeness (QED) is 0.664. The van der Waals surface area contributed by atoms with E-state index in [1.54, 1.807) is 12.1 Å². The van der Waals surface area contributed by atoms with Crippen LogP contribution in [0, 0.1) is 0 Å². The molecule has 0 atom stereocenters. The summed E-state index contributed by atoms with van der Waals surface area (Å²) in [5.41, 5.74) is 0.919. The van der Waals surface area contributed by atoms with Crippen molar-refractivity contribution in [1.29, 1.82) is 0 Å². The Bertz CT molecular complexity index is 989. The normalized spacial score (nSPS) is 16.1. The second-order valence-corrected chi connectivity index (χ2v) is 9.63. The SMILES string of the molecule is O=C(CSc1ccc(S(=O)(=O)N2CCCC2)cn1)NCc1ccc2c(c1)OCO2. The van der Waals surface area contributed by atoms with E-state index in [1.165, 1.54) is 22.3 Å². The molecule has 0 spiro atoms. The van der Waals surface area contributed by atoms with Crippen LogP contribution in [0.1, 0.15) is 18.4 Å². The van der Waals surface area contributed by atoms with E-state index in [4.69, 9.17) is 9.47 Å². The summed E-state index contributed by atoms with van der Waals surface area (Å²) in [6.45, 7) is 1.72. The highest BCUT2D eigenvalue weighted by atomic mass is 32.2. The minimum Gasteiger partial charge on any atom is -0.454 e. The standard InChI is InChI=1S/C19H21N3O5S2/c23-18(20-10-14-3-5-16-17(9-14)27-13-26-16)12-28-19-6-4-15(11-21-19)29(24,25)22-7-1-2-8-22/h3-6,9,11H,1-2,7-8,10,12-13H2,(H,20,23). The van der Waals surface area contributed by atoms with E-state index >= 15 is 0 Å². The molecular formula is C19H21N3O5S2. The number of ether oxygens (including phenoxy) is 2. The fraction of sp³-hybridized carbons (Fsp3) is 0.368. The Morgan fingerprint density at radius 1 is 1.14 bits per heavy atom. The van der Waals surface area contributed by atoms with Gasteiger partial charge in [0.15, 0.2) is 11.5 Å². The summed E-state index contributed by atoms with van der Waals surface area (Å²) >= 11 is 1.26. The number of fused-ring (bicyclic) bond motifs is 1. The second kappa shape index (κ2) is 8.60. The van der Waals surface area contributed by atoms with Gasteiger partial charge in [0, 0.05) is 25.8 Å². The molecule has 0 unspecified atom stereocenters. The lowest BCUT2D eigenvalue weighted by atomic mass is 10.2. The molecule has 1 N–H and O–H groups in total. The number of sulfonamides is 1. The first-order chi connectivity index (χ1) is 14.0. The molecule has 3 heterocycles. The number of hydrogen-bond donors (Lipinski definition) is 1. The Labute approximate surface area is 173 Å². The molecule has 10 heteroatoms. The van der Waals surface area contributed by atoms with Crippen LogP contribution < -0.4 is 14.8 Å². The van der Waals surface area contributed by atoms with Crippen LogP contribution in [-0.2, 0) is 21.4 Å². The van der Waals surface area contributed by atoms with Crippen LogP contribution in [0.4, 0.5) is 0 Å². The zero-order valence-corrected chi connectivity index (χ0v) is 17.3. The van der Waals surface area contributed by atoms with Gasteiger partial charge in [0.25, 0.3) is 0 Å². The third kappa shape index (κ3) is 4.65. The van der Waals surface area contributed by atoms with E-state index in [9.17, 15) is 13.2 Å². The van der Waals surface area contributed by atoms with E-state index in [1.807, 2.05) is 18.2 Å². The van der Waals surface area contributed by atoms with E-state index < -0.39 is 10.0 Å². The van der Waals surface area contributed by atoms with Crippen LogP contribution in [0.3, 0.4) is 0 Å². The molecule has 4 rings (SSSR count). The van der Waals surface area contributed by atoms with Crippen molar-refractivity contribution in [2.45, 2.75) is 29.3 Å². The van der Waals surface area contributed by atoms with E-state index in [0.29, 0.717) is 36.2 Å². The molecular weight excluding hydrogens is 414 g/mol. The third-order valence-electron chi connectivity index (χ3n) is 4.69. The van der Waals surface area contributed by atoms with Crippen molar-refractivity contribution in [2.24, 2.45) is 0 Å². The average Bonchev–Trinajstić information content (AvgIpc) is 3.42. The number of carbonyl (C=O) groups excluding carboxylic acids is 1. The van der Waals surface area contributed by atoms with Crippen molar-refractivity contribution in [1.82, 2.24) is 14.6 Å². The molecule has 2 aromatic rings. The largest absolute Gasteiger partial charge is 0.454 e. The number of hydrogen-bond acceptors (Lipinski definition) is 7. The summed E-state index contributed by atoms with van der Waals surface area (Å²) < 4.78 is 37.1. The van der Waals surface area contributed by atoms with Crippen LogP contribution in [0.15, 0.2) is 46.5 Å². The number of amides is 1. The Morgan fingerprint density at radius 2 is 1.93 bits per heavy atom. The molecule has 29 heavy (non-hydrogen) atoms. The van der Waals surface area contributed by atoms with Crippen LogP contribution in [0.2, 0.25) is 0 Å². The highest BCUT2D eigenvalue weighted by molar-refractivity contribution is 7.99. The smallest absolute Gasteiger partial charge is 0.244 e. The number of benzene rings is 1. The molecule has 0 radical (unpaired) electrons. The molecule has 1 aromatic carbocycles. The topological polar surface area (TPSA) is 97.8 Å². The van der Waals surface area contributed by atoms with Gasteiger partial charge < -0.3 is 14.8 Å². The molecule has 154 valence electrons. The number of nitrogens with one attached hydrogen (secondary N) is 1. The van der Waals surface area contributed by atoms with Gasteiger partial charge in [0.1, 0.15) is 4.90 Å². The first kappa shape index (κ1) is 20.0. The maximum absolute atomic E-state index is 12.5. The summed E-state index contributed by atoms with van der Waals surface area (Å²) in [7, 11) is -3.47. The highest BCUT2D eigenvalue weighted by Crippen LogP contribution is 2.32. The number of aromatic nitrogens is 1. The number of pyridine rings is 1. The van der Waals surface area contributed by atoms with Gasteiger partial charge in [-0.15, -0.1) is 0 Å². The maximum Gasteiger partial charge on any atom is 0.244 e. The fourth-order valence-corrected chi connectivity index (χ4v) is 5.26. The zero-order chi connectivity index (χ0) is 20.3. The van der Waals surface area contributed by atoms with Gasteiger partial charge >= 0.3 is 0 Å². The molecule has 2 aliphatic rings. The molecule has 1 saturated heterocycles. The molecule has 8 nitrogen and oxygen atoms in total. The van der Waals surface area contributed by atoms with Gasteiger partial charge in [-0.2, -0.15) is 4.31 Å². The van der Waals surface area contributed by atoms with E-state index in [-0.39, 0.29) is 23.3 Å². The number of thioether (sulfide) groups is 1. The Hall–Kier alpha value is -2.30. The molecule has 0 bridgehead atoms. The van der Waals surface area contributed by atoms with Crippen molar-refractivity contribution >= 4 is 27.7 Å². The minimum atomic E-state index is -3.47. The maximum atomic E-state index is 12.5. The zero-order valence-electron chi connectivity index (χ0n) is 15.7.